The van der Waals surface area contributed by atoms with Gasteiger partial charge in [0.15, 0.2) is 5.75 Å². The van der Waals surface area contributed by atoms with Crippen LogP contribution in [0.2, 0.25) is 0 Å². The van der Waals surface area contributed by atoms with E-state index in [0.29, 0.717) is 0 Å². The Labute approximate surface area is 188 Å². The molecule has 1 aliphatic rings. The first-order chi connectivity index (χ1) is 15.5. The molecule has 1 unspecified atom stereocenters. The first-order valence-corrected chi connectivity index (χ1v) is 11.3. The van der Waals surface area contributed by atoms with Crippen LogP contribution in [-0.2, 0) is 14.8 Å². The summed E-state index contributed by atoms with van der Waals surface area (Å²) in [6.07, 6.45) is 0. The van der Waals surface area contributed by atoms with Crippen LogP contribution in [0.25, 0.3) is 0 Å². The third kappa shape index (κ3) is 5.26. The number of nitrogens with zero attached hydrogens (tertiary/aromatic N) is 3. The van der Waals surface area contributed by atoms with E-state index in [1.807, 2.05) is 0 Å². The summed E-state index contributed by atoms with van der Waals surface area (Å²) >= 11 is 0. The Hall–Kier alpha value is -3.16. The number of carbonyl (C=O) groups is 1. The summed E-state index contributed by atoms with van der Waals surface area (Å²) in [5, 5.41) is 13.6. The molecular formula is C20H22F2N4O6S. The molecule has 3 rings (SSSR count). The first-order valence-electron chi connectivity index (χ1n) is 9.87. The predicted molar refractivity (Wildman–Crippen MR) is 114 cm³/mol. The number of piperazine rings is 1. The number of anilines is 1. The highest BCUT2D eigenvalue weighted by Crippen LogP contribution is 2.31. The average molecular weight is 484 g/mol. The second kappa shape index (κ2) is 9.77. The number of nitro groups is 1. The maximum atomic E-state index is 13.8. The van der Waals surface area contributed by atoms with Crippen molar-refractivity contribution >= 4 is 27.3 Å². The number of sulfonamides is 1. The first kappa shape index (κ1) is 24.5. The molecule has 2 aromatic carbocycles. The van der Waals surface area contributed by atoms with Crippen LogP contribution < -0.4 is 10.1 Å². The lowest BCUT2D eigenvalue weighted by molar-refractivity contribution is -0.386. The zero-order valence-electron chi connectivity index (χ0n) is 17.8. The van der Waals surface area contributed by atoms with Crippen molar-refractivity contribution in [1.29, 1.82) is 0 Å². The third-order valence-corrected chi connectivity index (χ3v) is 7.27. The van der Waals surface area contributed by atoms with Crippen LogP contribution in [0.5, 0.6) is 5.75 Å². The standard InChI is InChI=1S/C20H22F2N4O6S/c1-13(20(27)23-17-11-14(21)3-5-16(17)22)24-7-9-25(10-8-24)33(30,31)15-4-6-19(32-2)18(12-15)26(28)29/h3-6,11-13H,7-10H2,1-2H3,(H,23,27). The summed E-state index contributed by atoms with van der Waals surface area (Å²) in [6, 6.07) is 5.38. The number of hydrogen-bond donors (Lipinski definition) is 1. The van der Waals surface area contributed by atoms with Crippen molar-refractivity contribution in [1.82, 2.24) is 9.21 Å². The zero-order valence-corrected chi connectivity index (χ0v) is 18.6. The van der Waals surface area contributed by atoms with E-state index in [0.717, 1.165) is 24.3 Å². The highest BCUT2D eigenvalue weighted by Gasteiger charge is 2.33. The zero-order chi connectivity index (χ0) is 24.3. The van der Waals surface area contributed by atoms with Crippen LogP contribution in [0.3, 0.4) is 0 Å². The summed E-state index contributed by atoms with van der Waals surface area (Å²) in [7, 11) is -2.77. The van der Waals surface area contributed by atoms with E-state index in [1.165, 1.54) is 23.5 Å². The van der Waals surface area contributed by atoms with Gasteiger partial charge in [0, 0.05) is 38.3 Å². The molecule has 33 heavy (non-hydrogen) atoms. The van der Waals surface area contributed by atoms with Crippen LogP contribution in [0.15, 0.2) is 41.3 Å². The molecule has 178 valence electrons. The number of hydrogen-bond acceptors (Lipinski definition) is 7. The quantitative estimate of drug-likeness (QED) is 0.472. The van der Waals surface area contributed by atoms with Crippen LogP contribution in [-0.4, -0.2) is 67.8 Å². The lowest BCUT2D eigenvalue weighted by Crippen LogP contribution is -2.53. The van der Waals surface area contributed by atoms with Crippen molar-refractivity contribution in [2.75, 3.05) is 38.6 Å². The van der Waals surface area contributed by atoms with Gasteiger partial charge < -0.3 is 10.1 Å². The van der Waals surface area contributed by atoms with Gasteiger partial charge in [0.2, 0.25) is 15.9 Å². The molecule has 1 heterocycles. The molecule has 0 radical (unpaired) electrons. The number of nitro benzene ring substituents is 1. The maximum absolute atomic E-state index is 13.8. The molecule has 0 bridgehead atoms. The van der Waals surface area contributed by atoms with Gasteiger partial charge in [-0.25, -0.2) is 17.2 Å². The van der Waals surface area contributed by atoms with E-state index in [2.05, 4.69) is 5.32 Å². The molecule has 2 aromatic rings. The van der Waals surface area contributed by atoms with Crippen molar-refractivity contribution < 1.29 is 31.7 Å². The minimum absolute atomic E-state index is 0.0358. The second-order valence-electron chi connectivity index (χ2n) is 7.32. The van der Waals surface area contributed by atoms with E-state index in [4.69, 9.17) is 4.74 Å². The van der Waals surface area contributed by atoms with Crippen LogP contribution in [0.4, 0.5) is 20.2 Å². The molecule has 1 aliphatic heterocycles. The number of rotatable bonds is 7. The number of ether oxygens (including phenoxy) is 1. The van der Waals surface area contributed by atoms with Gasteiger partial charge in [-0.2, -0.15) is 4.31 Å². The summed E-state index contributed by atoms with van der Waals surface area (Å²) in [5.74, 6) is -2.10. The topological polar surface area (TPSA) is 122 Å². The minimum Gasteiger partial charge on any atom is -0.490 e. The molecule has 1 N–H and O–H groups in total. The Morgan fingerprint density at radius 1 is 1.15 bits per heavy atom. The summed E-state index contributed by atoms with van der Waals surface area (Å²) in [5.41, 5.74) is -0.749. The fourth-order valence-corrected chi connectivity index (χ4v) is 4.89. The number of carbonyl (C=O) groups excluding carboxylic acids is 1. The molecule has 13 heteroatoms. The smallest absolute Gasteiger partial charge is 0.312 e. The van der Waals surface area contributed by atoms with Crippen molar-refractivity contribution in [2.24, 2.45) is 0 Å². The molecule has 1 fully saturated rings. The average Bonchev–Trinajstić information content (AvgIpc) is 2.80. The molecule has 1 saturated heterocycles. The molecular weight excluding hydrogens is 462 g/mol. The largest absolute Gasteiger partial charge is 0.490 e. The fraction of sp³-hybridized carbons (Fsp3) is 0.350. The number of methoxy groups -OCH3 is 1. The normalized spacial score (nSPS) is 16.2. The number of benzene rings is 2. The molecule has 0 aromatic heterocycles. The van der Waals surface area contributed by atoms with E-state index in [1.54, 1.807) is 11.8 Å². The van der Waals surface area contributed by atoms with E-state index in [9.17, 15) is 32.1 Å². The molecule has 10 nitrogen and oxygen atoms in total. The SMILES string of the molecule is COc1ccc(S(=O)(=O)N2CCN(C(C)C(=O)Nc3cc(F)ccc3F)CC2)cc1[N+](=O)[O-]. The Morgan fingerprint density at radius 2 is 1.82 bits per heavy atom. The van der Waals surface area contributed by atoms with E-state index in [-0.39, 0.29) is 42.5 Å². The van der Waals surface area contributed by atoms with Gasteiger partial charge in [-0.1, -0.05) is 0 Å². The van der Waals surface area contributed by atoms with Gasteiger partial charge in [0.1, 0.15) is 11.6 Å². The number of amides is 1. The van der Waals surface area contributed by atoms with Crippen LogP contribution in [0.1, 0.15) is 6.92 Å². The van der Waals surface area contributed by atoms with Gasteiger partial charge in [0.25, 0.3) is 0 Å². The molecule has 0 spiro atoms. The molecule has 1 amide bonds. The molecule has 0 saturated carbocycles. The maximum Gasteiger partial charge on any atom is 0.312 e. The van der Waals surface area contributed by atoms with Gasteiger partial charge in [0.05, 0.1) is 28.7 Å². The summed E-state index contributed by atoms with van der Waals surface area (Å²) in [4.78, 5) is 24.4. The molecule has 1 atom stereocenters. The van der Waals surface area contributed by atoms with Crippen molar-refractivity contribution in [2.45, 2.75) is 17.9 Å². The Balaban J connectivity index is 1.67. The lowest BCUT2D eigenvalue weighted by Gasteiger charge is -2.36. The second-order valence-corrected chi connectivity index (χ2v) is 9.26. The summed E-state index contributed by atoms with van der Waals surface area (Å²) in [6.45, 7) is 2.03. The summed E-state index contributed by atoms with van der Waals surface area (Å²) < 4.78 is 59.1. The van der Waals surface area contributed by atoms with Gasteiger partial charge in [-0.15, -0.1) is 0 Å². The van der Waals surface area contributed by atoms with Crippen LogP contribution in [0, 0.1) is 21.7 Å². The number of halogens is 2. The monoisotopic (exact) mass is 484 g/mol. The van der Waals surface area contributed by atoms with Crippen molar-refractivity contribution in [3.63, 3.8) is 0 Å². The number of nitrogens with one attached hydrogen (secondary N) is 1. The van der Waals surface area contributed by atoms with Crippen LogP contribution >= 0.6 is 0 Å². The Morgan fingerprint density at radius 3 is 2.42 bits per heavy atom. The fourth-order valence-electron chi connectivity index (χ4n) is 3.45. The minimum atomic E-state index is -4.02. The van der Waals surface area contributed by atoms with Gasteiger partial charge in [-0.3, -0.25) is 19.8 Å². The van der Waals surface area contributed by atoms with Crippen molar-refractivity contribution in [3.05, 3.63) is 58.1 Å². The van der Waals surface area contributed by atoms with Crippen molar-refractivity contribution in [3.8, 4) is 5.75 Å². The van der Waals surface area contributed by atoms with E-state index < -0.39 is 44.2 Å². The highest BCUT2D eigenvalue weighted by atomic mass is 32.2. The van der Waals surface area contributed by atoms with Gasteiger partial charge in [-0.05, 0) is 31.2 Å². The van der Waals surface area contributed by atoms with Gasteiger partial charge >= 0.3 is 5.69 Å². The Kier molecular flexibility index (Phi) is 7.25. The predicted octanol–water partition coefficient (Wildman–Crippen LogP) is 2.22. The highest BCUT2D eigenvalue weighted by molar-refractivity contribution is 7.89. The lowest BCUT2D eigenvalue weighted by atomic mass is 10.2. The third-order valence-electron chi connectivity index (χ3n) is 5.37. The molecule has 0 aliphatic carbocycles. The Bertz CT molecular complexity index is 1170. The van der Waals surface area contributed by atoms with E-state index >= 15 is 0 Å².